The van der Waals surface area contributed by atoms with E-state index in [4.69, 9.17) is 0 Å². The number of carbonyl (C=O) groups is 1. The molecule has 1 aliphatic rings. The topological polar surface area (TPSA) is 69.7 Å². The molecule has 162 valence electrons. The van der Waals surface area contributed by atoms with E-state index >= 15 is 0 Å². The number of para-hydroxylation sites is 1. The lowest BCUT2D eigenvalue weighted by molar-refractivity contribution is -0.120. The fourth-order valence-corrected chi connectivity index (χ4v) is 5.44. The van der Waals surface area contributed by atoms with Crippen LogP contribution in [0.1, 0.15) is 44.9 Å². The van der Waals surface area contributed by atoms with Crippen LogP contribution in [0.4, 0.5) is 5.69 Å². The summed E-state index contributed by atoms with van der Waals surface area (Å²) in [7, 11) is -3.47. The second-order valence-corrected chi connectivity index (χ2v) is 9.57. The second kappa shape index (κ2) is 9.29. The van der Waals surface area contributed by atoms with Gasteiger partial charge < -0.3 is 4.90 Å². The number of benzene rings is 2. The van der Waals surface area contributed by atoms with Gasteiger partial charge in [0.1, 0.15) is 0 Å². The summed E-state index contributed by atoms with van der Waals surface area (Å²) in [5, 5.41) is 3.36. The van der Waals surface area contributed by atoms with Crippen LogP contribution < -0.4 is 10.2 Å². The molecule has 3 rings (SSSR count). The van der Waals surface area contributed by atoms with Gasteiger partial charge in [-0.15, -0.1) is 0 Å². The molecule has 0 saturated carbocycles. The quantitative estimate of drug-likeness (QED) is 0.699. The molecule has 6 nitrogen and oxygen atoms in total. The van der Waals surface area contributed by atoms with Gasteiger partial charge in [-0.1, -0.05) is 44.2 Å². The van der Waals surface area contributed by atoms with Gasteiger partial charge in [-0.3, -0.25) is 10.1 Å². The Hall–Kier alpha value is -2.22. The predicted molar refractivity (Wildman–Crippen MR) is 120 cm³/mol. The van der Waals surface area contributed by atoms with E-state index in [1.807, 2.05) is 62.9 Å². The number of hydrogen-bond donors (Lipinski definition) is 1. The minimum absolute atomic E-state index is 0.0486. The Labute approximate surface area is 179 Å². The van der Waals surface area contributed by atoms with Crippen molar-refractivity contribution in [3.8, 4) is 0 Å². The maximum atomic E-state index is 13.0. The molecule has 0 fully saturated rings. The third kappa shape index (κ3) is 4.43. The zero-order valence-corrected chi connectivity index (χ0v) is 18.9. The summed E-state index contributed by atoms with van der Waals surface area (Å²) in [4.78, 5) is 15.1. The summed E-state index contributed by atoms with van der Waals surface area (Å²) in [6.45, 7) is 9.11. The average molecular weight is 430 g/mol. The molecule has 30 heavy (non-hydrogen) atoms. The first-order valence-corrected chi connectivity index (χ1v) is 12.0. The highest BCUT2D eigenvalue weighted by Crippen LogP contribution is 2.28. The van der Waals surface area contributed by atoms with Crippen molar-refractivity contribution in [3.05, 3.63) is 59.7 Å². The smallest absolute Gasteiger partial charge is 0.243 e. The van der Waals surface area contributed by atoms with Crippen LogP contribution in [0.3, 0.4) is 0 Å². The Morgan fingerprint density at radius 1 is 1.07 bits per heavy atom. The first-order chi connectivity index (χ1) is 14.3. The minimum Gasteiger partial charge on any atom is -0.310 e. The number of nitrogens with one attached hydrogen (secondary N) is 1. The van der Waals surface area contributed by atoms with E-state index in [9.17, 15) is 13.2 Å². The zero-order valence-electron chi connectivity index (χ0n) is 18.1. The number of nitrogens with zero attached hydrogens (tertiary/aromatic N) is 2. The molecule has 7 heteroatoms. The number of amides is 1. The fraction of sp³-hybridized carbons (Fsp3) is 0.435. The Kier molecular flexibility index (Phi) is 6.95. The molecule has 2 atom stereocenters. The van der Waals surface area contributed by atoms with Crippen LogP contribution in [-0.4, -0.2) is 44.3 Å². The van der Waals surface area contributed by atoms with Gasteiger partial charge in [-0.05, 0) is 49.6 Å². The molecule has 0 radical (unpaired) electrons. The molecule has 0 unspecified atom stereocenters. The highest BCUT2D eigenvalue weighted by atomic mass is 32.2. The fourth-order valence-electron chi connectivity index (χ4n) is 3.98. The summed E-state index contributed by atoms with van der Waals surface area (Å²) >= 11 is 0. The minimum atomic E-state index is -3.47. The number of fused-ring (bicyclic) bond motifs is 1. The Morgan fingerprint density at radius 3 is 2.33 bits per heavy atom. The average Bonchev–Trinajstić information content (AvgIpc) is 3.18. The van der Waals surface area contributed by atoms with Crippen molar-refractivity contribution in [3.63, 3.8) is 0 Å². The van der Waals surface area contributed by atoms with Crippen molar-refractivity contribution < 1.29 is 13.2 Å². The van der Waals surface area contributed by atoms with Gasteiger partial charge >= 0.3 is 0 Å². The number of anilines is 1. The molecule has 0 bridgehead atoms. The van der Waals surface area contributed by atoms with E-state index in [1.165, 1.54) is 9.87 Å². The van der Waals surface area contributed by atoms with Gasteiger partial charge in [0.2, 0.25) is 15.9 Å². The summed E-state index contributed by atoms with van der Waals surface area (Å²) in [5.41, 5.74) is 3.14. The van der Waals surface area contributed by atoms with Gasteiger partial charge in [0.05, 0.1) is 10.9 Å². The van der Waals surface area contributed by atoms with Crippen molar-refractivity contribution >= 4 is 21.6 Å². The summed E-state index contributed by atoms with van der Waals surface area (Å²) in [6, 6.07) is 14.5. The SMILES string of the molecule is CCN(CC)S(=O)(=O)c1ccc([C@H](C)N[C@@H](C)C(=O)N2CCc3ccccc32)cc1. The van der Waals surface area contributed by atoms with E-state index in [1.54, 1.807) is 12.1 Å². The molecular weight excluding hydrogens is 398 g/mol. The molecule has 0 spiro atoms. The maximum absolute atomic E-state index is 13.0. The van der Waals surface area contributed by atoms with E-state index in [2.05, 4.69) is 11.4 Å². The lowest BCUT2D eigenvalue weighted by Crippen LogP contribution is -2.45. The number of sulfonamides is 1. The second-order valence-electron chi connectivity index (χ2n) is 7.64. The first-order valence-electron chi connectivity index (χ1n) is 10.5. The molecular formula is C23H31N3O3S. The maximum Gasteiger partial charge on any atom is 0.243 e. The van der Waals surface area contributed by atoms with Crippen LogP contribution in [-0.2, 0) is 21.2 Å². The van der Waals surface area contributed by atoms with Crippen LogP contribution in [0.25, 0.3) is 0 Å². The molecule has 1 heterocycles. The molecule has 0 saturated heterocycles. The monoisotopic (exact) mass is 429 g/mol. The Balaban J connectivity index is 1.67. The largest absolute Gasteiger partial charge is 0.310 e. The van der Waals surface area contributed by atoms with Gasteiger partial charge in [-0.2, -0.15) is 4.31 Å². The first kappa shape index (κ1) is 22.5. The Morgan fingerprint density at radius 2 is 1.70 bits per heavy atom. The third-order valence-electron chi connectivity index (χ3n) is 5.75. The normalized spacial score (nSPS) is 15.8. The van der Waals surface area contributed by atoms with E-state index < -0.39 is 10.0 Å². The van der Waals surface area contributed by atoms with Crippen molar-refractivity contribution in [1.82, 2.24) is 9.62 Å². The lowest BCUT2D eigenvalue weighted by atomic mass is 10.1. The highest BCUT2D eigenvalue weighted by Gasteiger charge is 2.28. The van der Waals surface area contributed by atoms with Gasteiger partial charge in [-0.25, -0.2) is 8.42 Å². The molecule has 1 aliphatic heterocycles. The molecule has 1 N–H and O–H groups in total. The Bertz CT molecular complexity index is 985. The van der Waals surface area contributed by atoms with Gasteiger partial charge in [0.25, 0.3) is 0 Å². The van der Waals surface area contributed by atoms with E-state index in [0.717, 1.165) is 17.7 Å². The van der Waals surface area contributed by atoms with Crippen molar-refractivity contribution in [2.24, 2.45) is 0 Å². The van der Waals surface area contributed by atoms with Crippen LogP contribution >= 0.6 is 0 Å². The summed E-state index contributed by atoms with van der Waals surface area (Å²) < 4.78 is 26.7. The van der Waals surface area contributed by atoms with Gasteiger partial charge in [0.15, 0.2) is 0 Å². The number of carbonyl (C=O) groups excluding carboxylic acids is 1. The standard InChI is InChI=1S/C23H31N3O3S/c1-5-25(6-2)30(28,29)21-13-11-19(12-14-21)17(3)24-18(4)23(27)26-16-15-20-9-7-8-10-22(20)26/h7-14,17-18,24H,5-6,15-16H2,1-4H3/t17-,18-/m0/s1. The zero-order chi connectivity index (χ0) is 21.9. The van der Waals surface area contributed by atoms with E-state index in [0.29, 0.717) is 24.5 Å². The third-order valence-corrected chi connectivity index (χ3v) is 7.81. The predicted octanol–water partition coefficient (Wildman–Crippen LogP) is 3.35. The molecule has 0 aliphatic carbocycles. The van der Waals surface area contributed by atoms with Crippen LogP contribution in [0, 0.1) is 0 Å². The highest BCUT2D eigenvalue weighted by molar-refractivity contribution is 7.89. The van der Waals surface area contributed by atoms with Crippen LogP contribution in [0.15, 0.2) is 53.4 Å². The lowest BCUT2D eigenvalue weighted by Gasteiger charge is -2.25. The molecule has 2 aromatic carbocycles. The van der Waals surface area contributed by atoms with Crippen molar-refractivity contribution in [2.45, 2.75) is 51.1 Å². The number of rotatable bonds is 8. The van der Waals surface area contributed by atoms with Crippen molar-refractivity contribution in [2.75, 3.05) is 24.5 Å². The molecule has 1 amide bonds. The van der Waals surface area contributed by atoms with Gasteiger partial charge in [0, 0.05) is 31.4 Å². The van der Waals surface area contributed by atoms with Crippen molar-refractivity contribution in [1.29, 1.82) is 0 Å². The van der Waals surface area contributed by atoms with E-state index in [-0.39, 0.29) is 18.0 Å². The summed E-state index contributed by atoms with van der Waals surface area (Å²) in [5.74, 6) is 0.0486. The molecule has 2 aromatic rings. The van der Waals surface area contributed by atoms with Crippen LogP contribution in [0.2, 0.25) is 0 Å². The summed E-state index contributed by atoms with van der Waals surface area (Å²) in [6.07, 6.45) is 0.882. The van der Waals surface area contributed by atoms with Crippen LogP contribution in [0.5, 0.6) is 0 Å². The number of hydrogen-bond acceptors (Lipinski definition) is 4. The molecule has 0 aromatic heterocycles.